The minimum Gasteiger partial charge on any atom is -0.347 e. The van der Waals surface area contributed by atoms with Gasteiger partial charge in [0.2, 0.25) is 0 Å². The topological polar surface area (TPSA) is 28.7 Å². The molecule has 1 unspecified atom stereocenters. The highest BCUT2D eigenvalue weighted by molar-refractivity contribution is 7.71. The van der Waals surface area contributed by atoms with Gasteiger partial charge in [0.15, 0.2) is 0 Å². The van der Waals surface area contributed by atoms with Gasteiger partial charge in [0.25, 0.3) is 0 Å². The lowest BCUT2D eigenvalue weighted by Gasteiger charge is -2.10. The van der Waals surface area contributed by atoms with Gasteiger partial charge in [0.05, 0.1) is 0 Å². The van der Waals surface area contributed by atoms with Crippen LogP contribution in [0.5, 0.6) is 0 Å². The van der Waals surface area contributed by atoms with E-state index < -0.39 is 0 Å². The Kier molecular flexibility index (Phi) is 3.20. The number of aromatic amines is 1. The SMILES string of the molecule is CCC(C)c1nc(=S)c(C)c(C)[nH]1. The summed E-state index contributed by atoms with van der Waals surface area (Å²) in [6.07, 6.45) is 1.08. The molecule has 0 amide bonds. The van der Waals surface area contributed by atoms with Crippen molar-refractivity contribution < 1.29 is 0 Å². The van der Waals surface area contributed by atoms with Crippen molar-refractivity contribution in [2.45, 2.75) is 40.0 Å². The number of aromatic nitrogens is 2. The Morgan fingerprint density at radius 2 is 2.08 bits per heavy atom. The first-order valence-corrected chi connectivity index (χ1v) is 5.04. The quantitative estimate of drug-likeness (QED) is 0.735. The molecule has 13 heavy (non-hydrogen) atoms. The Labute approximate surface area is 84.4 Å². The van der Waals surface area contributed by atoms with Crippen LogP contribution in [-0.4, -0.2) is 9.97 Å². The second-order valence-electron chi connectivity index (χ2n) is 3.49. The number of hydrogen-bond donors (Lipinski definition) is 1. The van der Waals surface area contributed by atoms with E-state index >= 15 is 0 Å². The number of nitrogens with one attached hydrogen (secondary N) is 1. The summed E-state index contributed by atoms with van der Waals surface area (Å²) < 4.78 is 0.728. The fourth-order valence-corrected chi connectivity index (χ4v) is 1.35. The Morgan fingerprint density at radius 3 is 2.54 bits per heavy atom. The van der Waals surface area contributed by atoms with Crippen molar-refractivity contribution in [1.82, 2.24) is 9.97 Å². The monoisotopic (exact) mass is 196 g/mol. The third-order valence-corrected chi connectivity index (χ3v) is 2.90. The van der Waals surface area contributed by atoms with Gasteiger partial charge in [-0.05, 0) is 20.3 Å². The molecule has 1 heterocycles. The summed E-state index contributed by atoms with van der Waals surface area (Å²) in [5, 5.41) is 0. The van der Waals surface area contributed by atoms with Crippen LogP contribution in [-0.2, 0) is 0 Å². The van der Waals surface area contributed by atoms with E-state index in [2.05, 4.69) is 23.8 Å². The number of hydrogen-bond acceptors (Lipinski definition) is 2. The first-order valence-electron chi connectivity index (χ1n) is 4.63. The molecule has 0 bridgehead atoms. The molecule has 2 nitrogen and oxygen atoms in total. The number of aryl methyl sites for hydroxylation is 1. The van der Waals surface area contributed by atoms with Crippen molar-refractivity contribution in [3.63, 3.8) is 0 Å². The van der Waals surface area contributed by atoms with Gasteiger partial charge < -0.3 is 4.98 Å². The van der Waals surface area contributed by atoms with Crippen molar-refractivity contribution in [3.8, 4) is 0 Å². The van der Waals surface area contributed by atoms with Gasteiger partial charge in [-0.2, -0.15) is 0 Å². The molecule has 1 aromatic heterocycles. The highest BCUT2D eigenvalue weighted by atomic mass is 32.1. The minimum atomic E-state index is 0.459. The van der Waals surface area contributed by atoms with E-state index in [9.17, 15) is 0 Å². The maximum absolute atomic E-state index is 5.16. The molecule has 3 heteroatoms. The molecule has 1 rings (SSSR count). The third kappa shape index (κ3) is 2.15. The summed E-state index contributed by atoms with van der Waals surface area (Å²) in [5.41, 5.74) is 2.22. The third-order valence-electron chi connectivity index (χ3n) is 2.50. The van der Waals surface area contributed by atoms with Crippen LogP contribution in [0.2, 0.25) is 0 Å². The van der Waals surface area contributed by atoms with E-state index in [-0.39, 0.29) is 0 Å². The maximum Gasteiger partial charge on any atom is 0.132 e. The Balaban J connectivity index is 3.21. The summed E-state index contributed by atoms with van der Waals surface area (Å²) in [7, 11) is 0. The predicted molar refractivity (Wildman–Crippen MR) is 57.6 cm³/mol. The highest BCUT2D eigenvalue weighted by Crippen LogP contribution is 2.15. The van der Waals surface area contributed by atoms with Crippen molar-refractivity contribution in [3.05, 3.63) is 21.7 Å². The van der Waals surface area contributed by atoms with Crippen molar-refractivity contribution in [2.24, 2.45) is 0 Å². The first kappa shape index (κ1) is 10.4. The molecule has 0 spiro atoms. The molecular formula is C10H16N2S. The van der Waals surface area contributed by atoms with Crippen molar-refractivity contribution in [1.29, 1.82) is 0 Å². The number of H-pyrrole nitrogens is 1. The summed E-state index contributed by atoms with van der Waals surface area (Å²) >= 11 is 5.16. The number of rotatable bonds is 2. The van der Waals surface area contributed by atoms with Gasteiger partial charge in [0, 0.05) is 17.2 Å². The fraction of sp³-hybridized carbons (Fsp3) is 0.600. The van der Waals surface area contributed by atoms with Crippen LogP contribution in [0.3, 0.4) is 0 Å². The zero-order chi connectivity index (χ0) is 10.0. The summed E-state index contributed by atoms with van der Waals surface area (Å²) in [6.45, 7) is 8.35. The van der Waals surface area contributed by atoms with Gasteiger partial charge in [-0.15, -0.1) is 0 Å². The Hall–Kier alpha value is -0.700. The average molecular weight is 196 g/mol. The van der Waals surface area contributed by atoms with E-state index in [4.69, 9.17) is 12.2 Å². The van der Waals surface area contributed by atoms with E-state index in [1.165, 1.54) is 0 Å². The Morgan fingerprint density at radius 1 is 1.46 bits per heavy atom. The zero-order valence-electron chi connectivity index (χ0n) is 8.64. The van der Waals surface area contributed by atoms with Crippen LogP contribution in [0.15, 0.2) is 0 Å². The molecule has 0 fully saturated rings. The van der Waals surface area contributed by atoms with Gasteiger partial charge in [-0.25, -0.2) is 4.98 Å². The summed E-state index contributed by atoms with van der Waals surface area (Å²) in [5.74, 6) is 1.47. The van der Waals surface area contributed by atoms with E-state index in [0.717, 1.165) is 28.1 Å². The maximum atomic E-state index is 5.16. The van der Waals surface area contributed by atoms with Crippen molar-refractivity contribution >= 4 is 12.2 Å². The van der Waals surface area contributed by atoms with Crippen LogP contribution >= 0.6 is 12.2 Å². The van der Waals surface area contributed by atoms with Gasteiger partial charge >= 0.3 is 0 Å². The normalized spacial score (nSPS) is 12.9. The predicted octanol–water partition coefficient (Wildman–Crippen LogP) is 3.27. The molecule has 0 aliphatic rings. The largest absolute Gasteiger partial charge is 0.347 e. The smallest absolute Gasteiger partial charge is 0.132 e. The molecule has 0 saturated heterocycles. The molecule has 0 saturated carbocycles. The molecule has 0 aromatic carbocycles. The zero-order valence-corrected chi connectivity index (χ0v) is 9.46. The second-order valence-corrected chi connectivity index (χ2v) is 3.87. The second kappa shape index (κ2) is 4.01. The van der Waals surface area contributed by atoms with Crippen LogP contribution in [0.1, 0.15) is 43.3 Å². The number of nitrogens with zero attached hydrogens (tertiary/aromatic N) is 1. The van der Waals surface area contributed by atoms with Crippen LogP contribution in [0, 0.1) is 18.5 Å². The first-order chi connectivity index (χ1) is 6.06. The van der Waals surface area contributed by atoms with Gasteiger partial charge in [-0.3, -0.25) is 0 Å². The lowest BCUT2D eigenvalue weighted by molar-refractivity contribution is 0.671. The lowest BCUT2D eigenvalue weighted by atomic mass is 10.1. The van der Waals surface area contributed by atoms with Crippen molar-refractivity contribution in [2.75, 3.05) is 0 Å². The molecular weight excluding hydrogens is 180 g/mol. The van der Waals surface area contributed by atoms with Crippen LogP contribution < -0.4 is 0 Å². The minimum absolute atomic E-state index is 0.459. The average Bonchev–Trinajstić information content (AvgIpc) is 2.12. The standard InChI is InChI=1S/C10H16N2S/c1-5-6(2)9-11-8(4)7(3)10(13)12-9/h6H,5H2,1-4H3,(H,11,12,13). The fourth-order valence-electron chi connectivity index (χ4n) is 1.09. The van der Waals surface area contributed by atoms with Gasteiger partial charge in [0.1, 0.15) is 10.5 Å². The summed E-state index contributed by atoms with van der Waals surface area (Å²) in [6, 6.07) is 0. The van der Waals surface area contributed by atoms with Crippen LogP contribution in [0.4, 0.5) is 0 Å². The van der Waals surface area contributed by atoms with Crippen LogP contribution in [0.25, 0.3) is 0 Å². The molecule has 0 aliphatic carbocycles. The summed E-state index contributed by atoms with van der Waals surface area (Å²) in [4.78, 5) is 7.65. The molecule has 0 aliphatic heterocycles. The Bertz CT molecular complexity index is 354. The molecule has 1 N–H and O–H groups in total. The van der Waals surface area contributed by atoms with E-state index in [1.807, 2.05) is 13.8 Å². The molecule has 1 aromatic rings. The molecule has 72 valence electrons. The molecule has 0 radical (unpaired) electrons. The molecule has 1 atom stereocenters. The van der Waals surface area contributed by atoms with E-state index in [0.29, 0.717) is 5.92 Å². The highest BCUT2D eigenvalue weighted by Gasteiger charge is 2.06. The van der Waals surface area contributed by atoms with E-state index in [1.54, 1.807) is 0 Å². The van der Waals surface area contributed by atoms with Gasteiger partial charge in [-0.1, -0.05) is 26.1 Å². The lowest BCUT2D eigenvalue weighted by Crippen LogP contribution is -2.03.